The number of aryl methyl sites for hydroxylation is 1. The van der Waals surface area contributed by atoms with Crippen molar-refractivity contribution in [2.45, 2.75) is 11.1 Å². The van der Waals surface area contributed by atoms with Crippen molar-refractivity contribution < 1.29 is 8.42 Å². The summed E-state index contributed by atoms with van der Waals surface area (Å²) in [6.45, 7) is 1.78. The molecule has 3 N–H and O–H groups in total. The first-order valence-corrected chi connectivity index (χ1v) is 8.24. The van der Waals surface area contributed by atoms with Crippen LogP contribution < -0.4 is 10.5 Å². The summed E-state index contributed by atoms with van der Waals surface area (Å²) in [6.07, 6.45) is 0. The SMILES string of the molecule is Cc1cc(Cl)c(NS(=O)(=O)c2cc(N)cs2)cc1Cl. The third-order valence-electron chi connectivity index (χ3n) is 2.35. The molecule has 0 aliphatic rings. The molecule has 0 aliphatic carbocycles. The molecule has 0 atom stereocenters. The van der Waals surface area contributed by atoms with E-state index in [1.165, 1.54) is 12.1 Å². The molecule has 4 nitrogen and oxygen atoms in total. The Kier molecular flexibility index (Phi) is 3.96. The Bertz CT molecular complexity index is 726. The van der Waals surface area contributed by atoms with Crippen LogP contribution in [0.5, 0.6) is 0 Å². The molecule has 0 aliphatic heterocycles. The Morgan fingerprint density at radius 3 is 2.47 bits per heavy atom. The fourth-order valence-corrected chi connectivity index (χ4v) is 4.03. The number of anilines is 2. The molecule has 0 saturated carbocycles. The standard InChI is InChI=1S/C11H10Cl2N2O2S2/c1-6-2-9(13)10(4-8(6)12)15-19(16,17)11-3-7(14)5-18-11/h2-5,15H,14H2,1H3. The summed E-state index contributed by atoms with van der Waals surface area (Å²) in [5.41, 5.74) is 6.93. The number of nitrogen functional groups attached to an aromatic ring is 1. The van der Waals surface area contributed by atoms with Crippen molar-refractivity contribution in [3.05, 3.63) is 39.2 Å². The van der Waals surface area contributed by atoms with Crippen molar-refractivity contribution in [2.75, 3.05) is 10.5 Å². The van der Waals surface area contributed by atoms with E-state index in [1.807, 2.05) is 0 Å². The lowest BCUT2D eigenvalue weighted by atomic mass is 10.2. The predicted octanol–water partition coefficient (Wildman–Crippen LogP) is 3.75. The Balaban J connectivity index is 2.38. The monoisotopic (exact) mass is 336 g/mol. The fraction of sp³-hybridized carbons (Fsp3) is 0.0909. The molecule has 1 aromatic heterocycles. The molecule has 0 radical (unpaired) electrons. The molecule has 2 rings (SSSR count). The molecule has 8 heteroatoms. The van der Waals surface area contributed by atoms with Crippen LogP contribution in [0.2, 0.25) is 10.0 Å². The quantitative estimate of drug-likeness (QED) is 0.896. The van der Waals surface area contributed by atoms with Gasteiger partial charge in [-0.1, -0.05) is 23.2 Å². The molecular weight excluding hydrogens is 327 g/mol. The van der Waals surface area contributed by atoms with E-state index in [2.05, 4.69) is 4.72 Å². The maximum Gasteiger partial charge on any atom is 0.271 e. The molecular formula is C11H10Cl2N2O2S2. The summed E-state index contributed by atoms with van der Waals surface area (Å²) in [5, 5.41) is 2.28. The summed E-state index contributed by atoms with van der Waals surface area (Å²) >= 11 is 13.0. The van der Waals surface area contributed by atoms with Crippen LogP contribution >= 0.6 is 34.5 Å². The first-order valence-electron chi connectivity index (χ1n) is 5.12. The molecule has 19 heavy (non-hydrogen) atoms. The minimum Gasteiger partial charge on any atom is -0.398 e. The van der Waals surface area contributed by atoms with Crippen LogP contribution in [-0.4, -0.2) is 8.42 Å². The molecule has 0 amide bonds. The van der Waals surface area contributed by atoms with Gasteiger partial charge in [0.25, 0.3) is 10.0 Å². The number of nitrogens with two attached hydrogens (primary N) is 1. The number of sulfonamides is 1. The van der Waals surface area contributed by atoms with E-state index in [0.29, 0.717) is 10.7 Å². The van der Waals surface area contributed by atoms with Gasteiger partial charge in [0.1, 0.15) is 4.21 Å². The van der Waals surface area contributed by atoms with Gasteiger partial charge in [-0.2, -0.15) is 0 Å². The van der Waals surface area contributed by atoms with E-state index < -0.39 is 10.0 Å². The second kappa shape index (κ2) is 5.20. The number of hydrogen-bond acceptors (Lipinski definition) is 4. The summed E-state index contributed by atoms with van der Waals surface area (Å²) < 4.78 is 26.7. The summed E-state index contributed by atoms with van der Waals surface area (Å²) in [7, 11) is -3.70. The fourth-order valence-electron chi connectivity index (χ4n) is 1.39. The highest BCUT2D eigenvalue weighted by Crippen LogP contribution is 2.31. The van der Waals surface area contributed by atoms with Gasteiger partial charge in [-0.3, -0.25) is 4.72 Å². The lowest BCUT2D eigenvalue weighted by Crippen LogP contribution is -2.12. The molecule has 0 unspecified atom stereocenters. The Morgan fingerprint density at radius 2 is 1.89 bits per heavy atom. The largest absolute Gasteiger partial charge is 0.398 e. The third kappa shape index (κ3) is 3.14. The van der Waals surface area contributed by atoms with Crippen LogP contribution in [0.4, 0.5) is 11.4 Å². The minimum absolute atomic E-state index is 0.123. The van der Waals surface area contributed by atoms with E-state index in [4.69, 9.17) is 28.9 Å². The van der Waals surface area contributed by atoms with Crippen LogP contribution in [0.25, 0.3) is 0 Å². The topological polar surface area (TPSA) is 72.2 Å². The maximum absolute atomic E-state index is 12.1. The highest BCUT2D eigenvalue weighted by atomic mass is 35.5. The normalized spacial score (nSPS) is 11.5. The molecule has 102 valence electrons. The Hall–Kier alpha value is -0.950. The van der Waals surface area contributed by atoms with Gasteiger partial charge < -0.3 is 5.73 Å². The number of rotatable bonds is 3. The van der Waals surface area contributed by atoms with Gasteiger partial charge in [0.15, 0.2) is 0 Å². The van der Waals surface area contributed by atoms with Crippen molar-refractivity contribution in [1.29, 1.82) is 0 Å². The minimum atomic E-state index is -3.70. The van der Waals surface area contributed by atoms with Gasteiger partial charge in [0.2, 0.25) is 0 Å². The van der Waals surface area contributed by atoms with Gasteiger partial charge in [-0.25, -0.2) is 8.42 Å². The van der Waals surface area contributed by atoms with Gasteiger partial charge in [-0.15, -0.1) is 11.3 Å². The molecule has 1 aromatic carbocycles. The molecule has 0 fully saturated rings. The van der Waals surface area contributed by atoms with Crippen molar-refractivity contribution in [2.24, 2.45) is 0 Å². The van der Waals surface area contributed by atoms with Crippen LogP contribution in [0.1, 0.15) is 5.56 Å². The number of hydrogen-bond donors (Lipinski definition) is 2. The van der Waals surface area contributed by atoms with Gasteiger partial charge in [0, 0.05) is 16.1 Å². The van der Waals surface area contributed by atoms with Gasteiger partial charge >= 0.3 is 0 Å². The van der Waals surface area contributed by atoms with Crippen LogP contribution in [0.3, 0.4) is 0 Å². The number of thiophene rings is 1. The van der Waals surface area contributed by atoms with E-state index in [1.54, 1.807) is 18.4 Å². The average Bonchev–Trinajstić information content (AvgIpc) is 2.73. The van der Waals surface area contributed by atoms with Crippen molar-refractivity contribution in [3.63, 3.8) is 0 Å². The number of halogens is 2. The molecule has 0 saturated heterocycles. The van der Waals surface area contributed by atoms with E-state index >= 15 is 0 Å². The van der Waals surface area contributed by atoms with Crippen molar-refractivity contribution in [1.82, 2.24) is 0 Å². The Morgan fingerprint density at radius 1 is 1.21 bits per heavy atom. The molecule has 2 aromatic rings. The lowest BCUT2D eigenvalue weighted by molar-refractivity contribution is 0.603. The summed E-state index contributed by atoms with van der Waals surface area (Å²) in [5.74, 6) is 0. The predicted molar refractivity (Wildman–Crippen MR) is 80.7 cm³/mol. The lowest BCUT2D eigenvalue weighted by Gasteiger charge is -2.10. The second-order valence-electron chi connectivity index (χ2n) is 3.89. The first-order chi connectivity index (χ1) is 8.79. The molecule has 0 spiro atoms. The van der Waals surface area contributed by atoms with Crippen LogP contribution in [0, 0.1) is 6.92 Å². The van der Waals surface area contributed by atoms with Crippen molar-refractivity contribution in [3.8, 4) is 0 Å². The second-order valence-corrected chi connectivity index (χ2v) is 7.52. The molecule has 1 heterocycles. The third-order valence-corrected chi connectivity index (χ3v) is 5.90. The smallest absolute Gasteiger partial charge is 0.271 e. The molecule has 0 bridgehead atoms. The van der Waals surface area contributed by atoms with Gasteiger partial charge in [-0.05, 0) is 30.7 Å². The van der Waals surface area contributed by atoms with Crippen molar-refractivity contribution >= 4 is 55.9 Å². The summed E-state index contributed by atoms with van der Waals surface area (Å²) in [6, 6.07) is 4.47. The average molecular weight is 337 g/mol. The zero-order valence-corrected chi connectivity index (χ0v) is 12.9. The van der Waals surface area contributed by atoms with Crippen LogP contribution in [0.15, 0.2) is 27.8 Å². The number of nitrogens with one attached hydrogen (secondary N) is 1. The van der Waals surface area contributed by atoms with Crippen LogP contribution in [-0.2, 0) is 10.0 Å². The summed E-state index contributed by atoms with van der Waals surface area (Å²) in [4.78, 5) is 0. The van der Waals surface area contributed by atoms with Gasteiger partial charge in [0.05, 0.1) is 10.7 Å². The zero-order valence-electron chi connectivity index (χ0n) is 9.78. The Labute approximate surface area is 125 Å². The number of benzene rings is 1. The zero-order chi connectivity index (χ0) is 14.2. The maximum atomic E-state index is 12.1. The highest BCUT2D eigenvalue weighted by molar-refractivity contribution is 7.94. The van der Waals surface area contributed by atoms with E-state index in [-0.39, 0.29) is 14.9 Å². The van der Waals surface area contributed by atoms with E-state index in [0.717, 1.165) is 16.9 Å². The first kappa shape index (κ1) is 14.5. The highest BCUT2D eigenvalue weighted by Gasteiger charge is 2.18. The van der Waals surface area contributed by atoms with E-state index in [9.17, 15) is 8.42 Å².